The Morgan fingerprint density at radius 1 is 1.25 bits per heavy atom. The molecule has 0 saturated carbocycles. The summed E-state index contributed by atoms with van der Waals surface area (Å²) in [6, 6.07) is -0.860. The van der Waals surface area contributed by atoms with E-state index in [1.165, 1.54) is 0 Å². The van der Waals surface area contributed by atoms with Crippen LogP contribution in [0, 0.1) is 5.41 Å². The normalized spacial score (nSPS) is 21.8. The zero-order chi connectivity index (χ0) is 14.5. The molecule has 0 radical (unpaired) electrons. The molecule has 0 aromatic heterocycles. The SMILES string of the molecule is C=C(C)CC1(CCCCCC)C(=O)[N-]C(=O)NC1=O.[Na+]. The van der Waals surface area contributed by atoms with E-state index < -0.39 is 23.3 Å². The molecule has 20 heavy (non-hydrogen) atoms. The minimum absolute atomic E-state index is 0. The number of carbonyl (C=O) groups excluding carboxylic acids is 3. The zero-order valence-electron chi connectivity index (χ0n) is 12.6. The maximum atomic E-state index is 12.1. The van der Waals surface area contributed by atoms with Gasteiger partial charge in [-0.2, -0.15) is 0 Å². The zero-order valence-corrected chi connectivity index (χ0v) is 14.6. The van der Waals surface area contributed by atoms with Crippen molar-refractivity contribution in [2.24, 2.45) is 5.41 Å². The van der Waals surface area contributed by atoms with Crippen LogP contribution in [0.3, 0.4) is 0 Å². The first kappa shape index (κ1) is 19.4. The van der Waals surface area contributed by atoms with E-state index in [-0.39, 0.29) is 36.0 Å². The van der Waals surface area contributed by atoms with Gasteiger partial charge in [-0.05, 0) is 19.8 Å². The monoisotopic (exact) mass is 288 g/mol. The van der Waals surface area contributed by atoms with Crippen LogP contribution in [0.5, 0.6) is 0 Å². The molecule has 1 aliphatic heterocycles. The Morgan fingerprint density at radius 2 is 1.90 bits per heavy atom. The van der Waals surface area contributed by atoms with Gasteiger partial charge in [0.25, 0.3) is 0 Å². The summed E-state index contributed by atoms with van der Waals surface area (Å²) in [5.74, 6) is -1.15. The molecule has 1 atom stereocenters. The van der Waals surface area contributed by atoms with Crippen molar-refractivity contribution in [2.45, 2.75) is 52.4 Å². The molecule has 106 valence electrons. The number of carbonyl (C=O) groups is 3. The van der Waals surface area contributed by atoms with Gasteiger partial charge in [0, 0.05) is 0 Å². The summed E-state index contributed by atoms with van der Waals surface area (Å²) in [5, 5.41) is 5.53. The third-order valence-corrected chi connectivity index (χ3v) is 3.33. The predicted molar refractivity (Wildman–Crippen MR) is 72.5 cm³/mol. The summed E-state index contributed by atoms with van der Waals surface area (Å²) in [4.78, 5) is 35.2. The molecule has 6 heteroatoms. The molecule has 1 fully saturated rings. The van der Waals surface area contributed by atoms with E-state index >= 15 is 0 Å². The third kappa shape index (κ3) is 4.72. The molecule has 1 aliphatic rings. The van der Waals surface area contributed by atoms with Crippen LogP contribution in [0.15, 0.2) is 12.2 Å². The average Bonchev–Trinajstić information content (AvgIpc) is 2.30. The Bertz CT molecular complexity index is 387. The summed E-state index contributed by atoms with van der Waals surface area (Å²) in [6.45, 7) is 7.63. The Balaban J connectivity index is 0.00000361. The molecule has 1 unspecified atom stereocenters. The third-order valence-electron chi connectivity index (χ3n) is 3.33. The molecular formula is C14H21N2NaO3. The molecular weight excluding hydrogens is 267 g/mol. The van der Waals surface area contributed by atoms with Gasteiger partial charge < -0.3 is 10.6 Å². The summed E-state index contributed by atoms with van der Waals surface area (Å²) >= 11 is 0. The van der Waals surface area contributed by atoms with Crippen molar-refractivity contribution in [2.75, 3.05) is 0 Å². The smallest absolute Gasteiger partial charge is 0.394 e. The van der Waals surface area contributed by atoms with Gasteiger partial charge in [-0.3, -0.25) is 14.4 Å². The molecule has 0 aromatic rings. The van der Waals surface area contributed by atoms with Crippen molar-refractivity contribution in [3.8, 4) is 0 Å². The molecule has 1 saturated heterocycles. The molecule has 0 aromatic carbocycles. The van der Waals surface area contributed by atoms with E-state index in [1.54, 1.807) is 6.92 Å². The number of hydrogen-bond acceptors (Lipinski definition) is 3. The summed E-state index contributed by atoms with van der Waals surface area (Å²) in [7, 11) is 0. The van der Waals surface area contributed by atoms with Gasteiger partial charge >= 0.3 is 29.6 Å². The Labute approximate surface area is 142 Å². The molecule has 1 N–H and O–H groups in total. The first-order valence-corrected chi connectivity index (χ1v) is 6.68. The summed E-state index contributed by atoms with van der Waals surface area (Å²) in [5.41, 5.74) is -0.489. The van der Waals surface area contributed by atoms with Crippen molar-refractivity contribution in [1.82, 2.24) is 5.32 Å². The van der Waals surface area contributed by atoms with Crippen molar-refractivity contribution in [3.05, 3.63) is 17.5 Å². The van der Waals surface area contributed by atoms with Gasteiger partial charge in [0.05, 0.1) is 5.41 Å². The molecule has 1 heterocycles. The number of allylic oxidation sites excluding steroid dienone is 1. The Kier molecular flexibility index (Phi) is 8.32. The van der Waals surface area contributed by atoms with Gasteiger partial charge in [-0.15, -0.1) is 6.58 Å². The molecule has 0 aliphatic carbocycles. The second-order valence-electron chi connectivity index (χ2n) is 5.20. The number of amides is 4. The van der Waals surface area contributed by atoms with Crippen LogP contribution in [0.25, 0.3) is 5.32 Å². The van der Waals surface area contributed by atoms with E-state index in [2.05, 4.69) is 24.1 Å². The fourth-order valence-corrected chi connectivity index (χ4v) is 2.37. The van der Waals surface area contributed by atoms with Crippen molar-refractivity contribution in [3.63, 3.8) is 0 Å². The van der Waals surface area contributed by atoms with Crippen LogP contribution in [0.2, 0.25) is 0 Å². The maximum Gasteiger partial charge on any atom is 1.00 e. The minimum Gasteiger partial charge on any atom is -0.394 e. The van der Waals surface area contributed by atoms with Gasteiger partial charge in [0.1, 0.15) is 0 Å². The van der Waals surface area contributed by atoms with Crippen LogP contribution >= 0.6 is 0 Å². The fraction of sp³-hybridized carbons (Fsp3) is 0.643. The number of nitrogens with one attached hydrogen (secondary N) is 1. The van der Waals surface area contributed by atoms with Crippen molar-refractivity contribution < 1.29 is 43.9 Å². The average molecular weight is 288 g/mol. The molecule has 0 spiro atoms. The topological polar surface area (TPSA) is 77.3 Å². The maximum absolute atomic E-state index is 12.1. The number of rotatable bonds is 7. The van der Waals surface area contributed by atoms with Crippen LogP contribution in [0.1, 0.15) is 52.4 Å². The number of imide groups is 2. The van der Waals surface area contributed by atoms with Crippen molar-refractivity contribution >= 4 is 17.8 Å². The fourth-order valence-electron chi connectivity index (χ4n) is 2.37. The van der Waals surface area contributed by atoms with E-state index in [0.717, 1.165) is 31.3 Å². The summed E-state index contributed by atoms with van der Waals surface area (Å²) < 4.78 is 0. The number of unbranched alkanes of at least 4 members (excludes halogenated alkanes) is 3. The number of nitrogens with zero attached hydrogens (tertiary/aromatic N) is 1. The molecule has 4 amide bonds. The van der Waals surface area contributed by atoms with Crippen LogP contribution in [0.4, 0.5) is 4.79 Å². The van der Waals surface area contributed by atoms with Gasteiger partial charge in [-0.1, -0.05) is 38.2 Å². The second kappa shape index (κ2) is 8.60. The number of barbiturate groups is 1. The van der Waals surface area contributed by atoms with Crippen molar-refractivity contribution in [1.29, 1.82) is 0 Å². The quantitative estimate of drug-likeness (QED) is 0.311. The first-order valence-electron chi connectivity index (χ1n) is 6.68. The molecule has 0 bridgehead atoms. The van der Waals surface area contributed by atoms with Crippen LogP contribution in [-0.2, 0) is 9.59 Å². The number of urea groups is 1. The van der Waals surface area contributed by atoms with E-state index in [1.807, 2.05) is 0 Å². The van der Waals surface area contributed by atoms with E-state index in [9.17, 15) is 14.4 Å². The Morgan fingerprint density at radius 3 is 2.40 bits per heavy atom. The number of hydrogen-bond donors (Lipinski definition) is 1. The standard InChI is InChI=1S/C14H22N2O3.Na/c1-4-5-6-7-8-14(9-10(2)3)11(17)15-13(19)16-12(14)18;/h2,4-9H2,1,3H3,(H2,15,16,17,18,19);/q;+1/p-1. The second-order valence-corrected chi connectivity index (χ2v) is 5.20. The van der Waals surface area contributed by atoms with Gasteiger partial charge in [-0.25, -0.2) is 0 Å². The van der Waals surface area contributed by atoms with Crippen LogP contribution in [-0.4, -0.2) is 17.8 Å². The predicted octanol–water partition coefficient (Wildman–Crippen LogP) is 0.0635. The van der Waals surface area contributed by atoms with Crippen LogP contribution < -0.4 is 34.9 Å². The largest absolute Gasteiger partial charge is 1.00 e. The van der Waals surface area contributed by atoms with E-state index in [0.29, 0.717) is 6.42 Å². The van der Waals surface area contributed by atoms with Gasteiger partial charge in [0.15, 0.2) is 17.8 Å². The summed E-state index contributed by atoms with van der Waals surface area (Å²) in [6.07, 6.45) is 4.54. The first-order chi connectivity index (χ1) is 8.92. The van der Waals surface area contributed by atoms with E-state index in [4.69, 9.17) is 0 Å². The molecule has 1 rings (SSSR count). The molecule has 5 nitrogen and oxygen atoms in total. The van der Waals surface area contributed by atoms with Gasteiger partial charge in [0.2, 0.25) is 0 Å². The minimum atomic E-state index is -1.23. The Hall–Kier alpha value is -0.650.